The predicted molar refractivity (Wildman–Crippen MR) is 262 cm³/mol. The lowest BCUT2D eigenvalue weighted by atomic mass is 9.94. The number of fused-ring (bicyclic) bond motifs is 4. The van der Waals surface area contributed by atoms with Crippen LogP contribution >= 0.6 is 0 Å². The van der Waals surface area contributed by atoms with Crippen molar-refractivity contribution < 1.29 is 19.1 Å². The van der Waals surface area contributed by atoms with E-state index in [0.29, 0.717) is 74.0 Å². The van der Waals surface area contributed by atoms with Gasteiger partial charge in [-0.15, -0.1) is 0 Å². The zero-order valence-corrected chi connectivity index (χ0v) is 37.9. The van der Waals surface area contributed by atoms with E-state index >= 15 is 0 Å². The number of hydrogen-bond donors (Lipinski definition) is 6. The number of amides is 2. The van der Waals surface area contributed by atoms with Crippen LogP contribution in [0.2, 0.25) is 0 Å². The number of hydrogen-bond acceptors (Lipinski definition) is 12. The van der Waals surface area contributed by atoms with Crippen LogP contribution in [0.4, 0.5) is 23.0 Å². The summed E-state index contributed by atoms with van der Waals surface area (Å²) in [4.78, 5) is 44.3. The van der Waals surface area contributed by atoms with Crippen LogP contribution in [0.5, 0.6) is 0 Å². The lowest BCUT2D eigenvalue weighted by Gasteiger charge is -2.16. The van der Waals surface area contributed by atoms with Gasteiger partial charge in [-0.2, -0.15) is 0 Å². The molecule has 68 heavy (non-hydrogen) atoms. The topological polar surface area (TPSA) is 214 Å². The first-order chi connectivity index (χ1) is 33.3. The maximum atomic E-state index is 12.9. The molecule has 2 amide bonds. The van der Waals surface area contributed by atoms with Crippen LogP contribution in [0.15, 0.2) is 97.6 Å². The average Bonchev–Trinajstić information content (AvgIpc) is 4.25. The maximum Gasteiger partial charge on any atom is 0.254 e. The van der Waals surface area contributed by atoms with Gasteiger partial charge in [-0.25, -0.2) is 19.9 Å². The summed E-state index contributed by atoms with van der Waals surface area (Å²) in [6, 6.07) is 24.3. The first-order valence-electron chi connectivity index (χ1n) is 23.1. The van der Waals surface area contributed by atoms with Gasteiger partial charge in [0.15, 0.2) is 0 Å². The Labute approximate surface area is 392 Å². The molecule has 0 saturated carbocycles. The molecule has 0 spiro atoms. The largest absolute Gasteiger partial charge is 0.381 e. The molecule has 16 heteroatoms. The Morgan fingerprint density at radius 1 is 0.603 bits per heavy atom. The summed E-state index contributed by atoms with van der Waals surface area (Å²) in [6.07, 6.45) is 9.61. The molecular weight excluding hydrogens is 857 g/mol. The van der Waals surface area contributed by atoms with Gasteiger partial charge in [-0.1, -0.05) is 24.3 Å². The van der Waals surface area contributed by atoms with Crippen LogP contribution < -0.4 is 32.7 Å². The summed E-state index contributed by atoms with van der Waals surface area (Å²) < 4.78 is 15.1. The highest BCUT2D eigenvalue weighted by Crippen LogP contribution is 2.40. The van der Waals surface area contributed by atoms with Crippen molar-refractivity contribution in [2.75, 3.05) is 37.1 Å². The smallest absolute Gasteiger partial charge is 0.254 e. The van der Waals surface area contributed by atoms with Crippen molar-refractivity contribution >= 4 is 56.9 Å². The zero-order valence-electron chi connectivity index (χ0n) is 37.9. The fourth-order valence-corrected chi connectivity index (χ4v) is 10.3. The maximum absolute atomic E-state index is 12.9. The molecule has 2 saturated heterocycles. The van der Waals surface area contributed by atoms with Crippen LogP contribution in [0.3, 0.4) is 0 Å². The van der Waals surface area contributed by atoms with Crippen LogP contribution in [0.1, 0.15) is 79.0 Å². The van der Waals surface area contributed by atoms with Crippen molar-refractivity contribution in [2.24, 2.45) is 25.6 Å². The van der Waals surface area contributed by atoms with Crippen LogP contribution in [0, 0.1) is 0 Å². The van der Waals surface area contributed by atoms with Crippen LogP contribution in [-0.4, -0.2) is 67.3 Å². The van der Waals surface area contributed by atoms with Crippen molar-refractivity contribution in [1.29, 1.82) is 0 Å². The molecule has 16 nitrogen and oxygen atoms in total. The van der Waals surface area contributed by atoms with Gasteiger partial charge in [0.25, 0.3) is 11.8 Å². The Bertz CT molecular complexity index is 3060. The second-order valence-corrected chi connectivity index (χ2v) is 17.7. The second kappa shape index (κ2) is 18.0. The van der Waals surface area contributed by atoms with Gasteiger partial charge in [0.1, 0.15) is 22.9 Å². The summed E-state index contributed by atoms with van der Waals surface area (Å²) in [5.41, 5.74) is 26.8. The van der Waals surface area contributed by atoms with Gasteiger partial charge < -0.3 is 51.3 Å². The fourth-order valence-electron chi connectivity index (χ4n) is 10.3. The molecule has 0 radical (unpaired) electrons. The molecule has 2 aromatic carbocycles. The molecule has 2 atom stereocenters. The van der Waals surface area contributed by atoms with E-state index in [2.05, 4.69) is 67.6 Å². The Kier molecular flexibility index (Phi) is 11.4. The van der Waals surface area contributed by atoms with Crippen molar-refractivity contribution in [3.63, 3.8) is 0 Å². The molecule has 4 aliphatic rings. The highest BCUT2D eigenvalue weighted by Gasteiger charge is 2.30. The van der Waals surface area contributed by atoms with E-state index < -0.39 is 0 Å². The van der Waals surface area contributed by atoms with Crippen LogP contribution in [0.25, 0.3) is 44.3 Å². The third-order valence-corrected chi connectivity index (χ3v) is 13.7. The number of nitrogens with two attached hydrogens (primary N) is 2. The number of carbonyl (C=O) groups is 2. The van der Waals surface area contributed by atoms with E-state index in [-0.39, 0.29) is 11.8 Å². The lowest BCUT2D eigenvalue weighted by molar-refractivity contribution is 0.0958. The molecule has 2 fully saturated rings. The van der Waals surface area contributed by atoms with E-state index in [1.54, 1.807) is 0 Å². The van der Waals surface area contributed by atoms with Gasteiger partial charge in [-0.3, -0.25) is 9.59 Å². The van der Waals surface area contributed by atoms with Gasteiger partial charge >= 0.3 is 0 Å². The Balaban J connectivity index is 0.000000149. The zero-order chi connectivity index (χ0) is 46.5. The SMILES string of the molecule is Cn1ccc2c(-c3ccc(Nc4ccc([C@@H]5CCOC5)c(CN)n4)c4c3CNC4=O)ccnc21.Cn1ccc2c(-c3ccc(Nc4ccc([C@H]5CCOC5)c(CN)n4)c4c3CNC4=O)ccnc21. The van der Waals surface area contributed by atoms with Gasteiger partial charge in [0, 0.05) is 101 Å². The molecule has 344 valence electrons. The van der Waals surface area contributed by atoms with Crippen molar-refractivity contribution in [2.45, 2.75) is 50.9 Å². The number of carbonyl (C=O) groups excluding carboxylic acids is 2. The highest BCUT2D eigenvalue weighted by atomic mass is 16.5. The van der Waals surface area contributed by atoms with E-state index in [1.165, 1.54) is 0 Å². The molecule has 4 aliphatic heterocycles. The molecular formula is C52H52N12O4. The van der Waals surface area contributed by atoms with Crippen LogP contribution in [-0.2, 0) is 49.7 Å². The minimum Gasteiger partial charge on any atom is -0.381 e. The second-order valence-electron chi connectivity index (χ2n) is 17.7. The normalized spacial score (nSPS) is 17.2. The molecule has 10 heterocycles. The van der Waals surface area contributed by atoms with Gasteiger partial charge in [0.05, 0.1) is 47.1 Å². The molecule has 8 N–H and O–H groups in total. The fraction of sp³-hybridized carbons (Fsp3) is 0.269. The van der Waals surface area contributed by atoms with Crippen molar-refractivity contribution in [3.8, 4) is 22.3 Å². The molecule has 0 aliphatic carbocycles. The van der Waals surface area contributed by atoms with Gasteiger partial charge in [-0.05, 0) is 106 Å². The van der Waals surface area contributed by atoms with Gasteiger partial charge in [0.2, 0.25) is 0 Å². The first kappa shape index (κ1) is 43.1. The number of nitrogens with one attached hydrogen (secondary N) is 4. The number of anilines is 4. The number of aryl methyl sites for hydroxylation is 2. The number of rotatable bonds is 10. The highest BCUT2D eigenvalue weighted by molar-refractivity contribution is 6.08. The standard InChI is InChI=1S/2C26H26N6O2/c2*1-32-10-7-19-18(6-9-28-25(19)32)17-2-4-21(24-20(17)13-29-26(24)33)30-23-5-3-16(22(12-27)31-23)15-8-11-34-14-15/h2*2-7,9-10,15H,8,11-14,27H2,1H3,(H,29,33)(H,30,31)/t2*15-/m10/s1. The molecule has 0 unspecified atom stereocenters. The summed E-state index contributed by atoms with van der Waals surface area (Å²) in [5, 5.41) is 14.8. The summed E-state index contributed by atoms with van der Waals surface area (Å²) in [6.45, 7) is 4.64. The Hall–Kier alpha value is -7.50. The summed E-state index contributed by atoms with van der Waals surface area (Å²) in [5.74, 6) is 1.85. The Morgan fingerprint density at radius 2 is 1.06 bits per heavy atom. The lowest BCUT2D eigenvalue weighted by Crippen LogP contribution is -2.14. The quantitative estimate of drug-likeness (QED) is 0.0806. The van der Waals surface area contributed by atoms with Crippen molar-refractivity contribution in [1.82, 2.24) is 39.7 Å². The molecule has 0 bridgehead atoms. The predicted octanol–water partition coefficient (Wildman–Crippen LogP) is 7.17. The van der Waals surface area contributed by atoms with Crippen molar-refractivity contribution in [3.05, 3.63) is 142 Å². The number of benzene rings is 2. The number of nitrogens with zero attached hydrogens (tertiary/aromatic N) is 6. The minimum absolute atomic E-state index is 0.0866. The number of pyridine rings is 4. The van der Waals surface area contributed by atoms with E-state index in [1.807, 2.05) is 84.4 Å². The summed E-state index contributed by atoms with van der Waals surface area (Å²) >= 11 is 0. The van der Waals surface area contributed by atoms with E-state index in [9.17, 15) is 9.59 Å². The monoisotopic (exact) mass is 908 g/mol. The third kappa shape index (κ3) is 7.70. The Morgan fingerprint density at radius 3 is 1.47 bits per heavy atom. The van der Waals surface area contributed by atoms with E-state index in [4.69, 9.17) is 30.9 Å². The molecule has 12 rings (SSSR count). The third-order valence-electron chi connectivity index (χ3n) is 13.7. The average molecular weight is 909 g/mol. The first-order valence-corrected chi connectivity index (χ1v) is 23.1. The minimum atomic E-state index is -0.0866. The van der Waals surface area contributed by atoms with E-state index in [0.717, 1.165) is 115 Å². The number of ether oxygens (including phenoxy) is 2. The molecule has 8 aromatic rings. The molecule has 6 aromatic heterocycles. The number of aromatic nitrogens is 6. The summed E-state index contributed by atoms with van der Waals surface area (Å²) in [7, 11) is 3.96.